The highest BCUT2D eigenvalue weighted by molar-refractivity contribution is 5.81. The Morgan fingerprint density at radius 2 is 1.92 bits per heavy atom. The Hall–Kier alpha value is -2.35. The van der Waals surface area contributed by atoms with Crippen LogP contribution in [-0.2, 0) is 6.54 Å². The van der Waals surface area contributed by atoms with Gasteiger partial charge in [-0.2, -0.15) is 0 Å². The zero-order valence-corrected chi connectivity index (χ0v) is 14.9. The zero-order chi connectivity index (χ0) is 17.1. The van der Waals surface area contributed by atoms with Gasteiger partial charge in [-0.1, -0.05) is 68.8 Å². The van der Waals surface area contributed by atoms with E-state index in [1.54, 1.807) is 0 Å². The summed E-state index contributed by atoms with van der Waals surface area (Å²) in [4.78, 5) is 4.90. The van der Waals surface area contributed by atoms with Gasteiger partial charge in [0.1, 0.15) is 5.82 Å². The molecule has 0 aliphatic rings. The predicted molar refractivity (Wildman–Crippen MR) is 103 cm³/mol. The van der Waals surface area contributed by atoms with Gasteiger partial charge in [0.25, 0.3) is 0 Å². The van der Waals surface area contributed by atoms with Crippen LogP contribution in [0.2, 0.25) is 0 Å². The molecular weight excluding hydrogens is 292 g/mol. The van der Waals surface area contributed by atoms with Gasteiger partial charge in [0, 0.05) is 12.1 Å². The molecular formula is C22H26N2. The van der Waals surface area contributed by atoms with E-state index in [4.69, 9.17) is 4.98 Å². The van der Waals surface area contributed by atoms with Gasteiger partial charge in [0.05, 0.1) is 11.0 Å². The van der Waals surface area contributed by atoms with E-state index in [0.717, 1.165) is 23.4 Å². The molecule has 1 atom stereocenters. The highest BCUT2D eigenvalue weighted by Crippen LogP contribution is 2.28. The fraction of sp³-hybridized carbons (Fsp3) is 0.318. The number of hydrogen-bond acceptors (Lipinski definition) is 1. The second-order valence-electron chi connectivity index (χ2n) is 6.73. The molecule has 2 nitrogen and oxygen atoms in total. The van der Waals surface area contributed by atoms with Crippen LogP contribution >= 0.6 is 0 Å². The molecule has 0 aliphatic heterocycles. The smallest absolute Gasteiger partial charge is 0.141 e. The van der Waals surface area contributed by atoms with Crippen LogP contribution in [0.5, 0.6) is 0 Å². The van der Waals surface area contributed by atoms with Crippen LogP contribution in [0, 0.1) is 12.8 Å². The first kappa shape index (κ1) is 16.5. The van der Waals surface area contributed by atoms with E-state index >= 15 is 0 Å². The van der Waals surface area contributed by atoms with Crippen molar-refractivity contribution in [2.24, 2.45) is 5.92 Å². The number of aryl methyl sites for hydroxylation is 1. The second kappa shape index (κ2) is 7.04. The fourth-order valence-electron chi connectivity index (χ4n) is 3.20. The summed E-state index contributed by atoms with van der Waals surface area (Å²) >= 11 is 0. The number of imidazole rings is 1. The standard InChI is InChI=1S/C22H26N2/c1-5-9-17(3)18(4)15-24-21-14-16(2)12-13-20(21)23-22(24)19-10-7-6-8-11-19/h6-8,10-14,17H,4-5,9,15H2,1-3H3. The van der Waals surface area contributed by atoms with E-state index in [1.165, 1.54) is 29.5 Å². The Bertz CT molecular complexity index is 843. The quantitative estimate of drug-likeness (QED) is 0.509. The number of hydrogen-bond donors (Lipinski definition) is 0. The molecule has 3 aromatic rings. The summed E-state index contributed by atoms with van der Waals surface area (Å²) in [5.41, 5.74) is 5.93. The van der Waals surface area contributed by atoms with Gasteiger partial charge < -0.3 is 4.57 Å². The van der Waals surface area contributed by atoms with Crippen molar-refractivity contribution in [1.82, 2.24) is 9.55 Å². The van der Waals surface area contributed by atoms with Crippen molar-refractivity contribution in [3.05, 3.63) is 66.2 Å². The summed E-state index contributed by atoms with van der Waals surface area (Å²) in [6, 6.07) is 16.9. The lowest BCUT2D eigenvalue weighted by molar-refractivity contribution is 0.567. The van der Waals surface area contributed by atoms with Crippen molar-refractivity contribution in [2.45, 2.75) is 40.2 Å². The minimum atomic E-state index is 0.529. The topological polar surface area (TPSA) is 17.8 Å². The summed E-state index contributed by atoms with van der Waals surface area (Å²) in [7, 11) is 0. The molecule has 0 radical (unpaired) electrons. The second-order valence-corrected chi connectivity index (χ2v) is 6.73. The van der Waals surface area contributed by atoms with Crippen molar-refractivity contribution >= 4 is 11.0 Å². The van der Waals surface area contributed by atoms with Crippen molar-refractivity contribution in [3.8, 4) is 11.4 Å². The summed E-state index contributed by atoms with van der Waals surface area (Å²) < 4.78 is 2.33. The number of allylic oxidation sites excluding steroid dienone is 1. The average Bonchev–Trinajstić information content (AvgIpc) is 2.94. The molecule has 1 aromatic heterocycles. The Kier molecular flexibility index (Phi) is 4.84. The van der Waals surface area contributed by atoms with Crippen LogP contribution in [0.4, 0.5) is 0 Å². The van der Waals surface area contributed by atoms with Crippen molar-refractivity contribution in [2.75, 3.05) is 0 Å². The highest BCUT2D eigenvalue weighted by atomic mass is 15.1. The molecule has 0 spiro atoms. The van der Waals surface area contributed by atoms with Gasteiger partial charge in [-0.05, 0) is 37.0 Å². The molecule has 3 rings (SSSR count). The fourth-order valence-corrected chi connectivity index (χ4v) is 3.20. The first-order valence-electron chi connectivity index (χ1n) is 8.80. The first-order valence-corrected chi connectivity index (χ1v) is 8.80. The van der Waals surface area contributed by atoms with E-state index in [0.29, 0.717) is 5.92 Å². The Labute approximate surface area is 144 Å². The number of benzene rings is 2. The van der Waals surface area contributed by atoms with Crippen molar-refractivity contribution in [3.63, 3.8) is 0 Å². The third-order valence-corrected chi connectivity index (χ3v) is 4.72. The van der Waals surface area contributed by atoms with E-state index in [-0.39, 0.29) is 0 Å². The van der Waals surface area contributed by atoms with Crippen LogP contribution in [0.25, 0.3) is 22.4 Å². The Balaban J connectivity index is 2.09. The lowest BCUT2D eigenvalue weighted by atomic mass is 9.97. The van der Waals surface area contributed by atoms with Crippen molar-refractivity contribution < 1.29 is 0 Å². The monoisotopic (exact) mass is 318 g/mol. The minimum Gasteiger partial charge on any atom is -0.320 e. The molecule has 0 bridgehead atoms. The van der Waals surface area contributed by atoms with Crippen LogP contribution in [-0.4, -0.2) is 9.55 Å². The third-order valence-electron chi connectivity index (χ3n) is 4.72. The number of nitrogens with zero attached hydrogens (tertiary/aromatic N) is 2. The van der Waals surface area contributed by atoms with Crippen LogP contribution in [0.1, 0.15) is 32.3 Å². The van der Waals surface area contributed by atoms with E-state index in [1.807, 2.05) is 6.07 Å². The molecule has 1 unspecified atom stereocenters. The van der Waals surface area contributed by atoms with Crippen LogP contribution in [0.15, 0.2) is 60.7 Å². The largest absolute Gasteiger partial charge is 0.320 e. The summed E-state index contributed by atoms with van der Waals surface area (Å²) in [5, 5.41) is 0. The van der Waals surface area contributed by atoms with E-state index in [9.17, 15) is 0 Å². The van der Waals surface area contributed by atoms with Gasteiger partial charge in [0.15, 0.2) is 0 Å². The van der Waals surface area contributed by atoms with Gasteiger partial charge in [-0.3, -0.25) is 0 Å². The zero-order valence-electron chi connectivity index (χ0n) is 14.9. The molecule has 0 amide bonds. The number of aromatic nitrogens is 2. The maximum absolute atomic E-state index is 4.90. The number of fused-ring (bicyclic) bond motifs is 1. The van der Waals surface area contributed by atoms with Crippen molar-refractivity contribution in [1.29, 1.82) is 0 Å². The molecule has 0 N–H and O–H groups in total. The maximum atomic E-state index is 4.90. The Morgan fingerprint density at radius 1 is 1.17 bits per heavy atom. The Morgan fingerprint density at radius 3 is 2.62 bits per heavy atom. The molecule has 0 aliphatic carbocycles. The van der Waals surface area contributed by atoms with Crippen LogP contribution < -0.4 is 0 Å². The van der Waals surface area contributed by atoms with E-state index < -0.39 is 0 Å². The summed E-state index contributed by atoms with van der Waals surface area (Å²) in [5.74, 6) is 1.56. The molecule has 124 valence electrons. The molecule has 24 heavy (non-hydrogen) atoms. The highest BCUT2D eigenvalue weighted by Gasteiger charge is 2.15. The summed E-state index contributed by atoms with van der Waals surface area (Å²) in [6.45, 7) is 11.8. The van der Waals surface area contributed by atoms with Gasteiger partial charge in [0.2, 0.25) is 0 Å². The third kappa shape index (κ3) is 3.28. The molecule has 0 fully saturated rings. The van der Waals surface area contributed by atoms with Gasteiger partial charge in [-0.25, -0.2) is 4.98 Å². The maximum Gasteiger partial charge on any atom is 0.141 e. The molecule has 1 heterocycles. The average molecular weight is 318 g/mol. The summed E-state index contributed by atoms with van der Waals surface area (Å²) in [6.07, 6.45) is 2.38. The lowest BCUT2D eigenvalue weighted by Crippen LogP contribution is -2.08. The SMILES string of the molecule is C=C(Cn1c(-c2ccccc2)nc2ccc(C)cc21)C(C)CCC. The van der Waals surface area contributed by atoms with Gasteiger partial charge >= 0.3 is 0 Å². The first-order chi connectivity index (χ1) is 11.6. The number of rotatable bonds is 6. The molecule has 2 aromatic carbocycles. The van der Waals surface area contributed by atoms with Crippen LogP contribution in [0.3, 0.4) is 0 Å². The lowest BCUT2D eigenvalue weighted by Gasteiger charge is -2.17. The normalized spacial score (nSPS) is 12.5. The minimum absolute atomic E-state index is 0.529. The molecule has 0 saturated carbocycles. The van der Waals surface area contributed by atoms with E-state index in [2.05, 4.69) is 74.4 Å². The van der Waals surface area contributed by atoms with Gasteiger partial charge in [-0.15, -0.1) is 0 Å². The predicted octanol–water partition coefficient (Wildman–Crippen LogP) is 6.00. The molecule has 2 heteroatoms. The molecule has 0 saturated heterocycles.